The Morgan fingerprint density at radius 3 is 2.59 bits per heavy atom. The molecular weight excluding hydrogens is 428 g/mol. The Kier molecular flexibility index (Phi) is 7.72. The summed E-state index contributed by atoms with van der Waals surface area (Å²) >= 11 is 0.778. The zero-order chi connectivity index (χ0) is 23.1. The smallest absolute Gasteiger partial charge is 0.294 e. The molecule has 166 valence electrons. The van der Waals surface area contributed by atoms with Crippen molar-refractivity contribution in [2.75, 3.05) is 25.6 Å². The fourth-order valence-corrected chi connectivity index (χ4v) is 3.88. The van der Waals surface area contributed by atoms with E-state index in [1.807, 2.05) is 19.1 Å². The lowest BCUT2D eigenvalue weighted by Crippen LogP contribution is -2.36. The van der Waals surface area contributed by atoms with Gasteiger partial charge in [0, 0.05) is 11.3 Å². The number of nitrogens with zero attached hydrogens (tertiary/aromatic N) is 1. The van der Waals surface area contributed by atoms with Gasteiger partial charge >= 0.3 is 0 Å². The maximum atomic E-state index is 12.8. The minimum Gasteiger partial charge on any atom is -0.493 e. The largest absolute Gasteiger partial charge is 0.493 e. The van der Waals surface area contributed by atoms with Crippen molar-refractivity contribution in [2.24, 2.45) is 0 Å². The Bertz CT molecular complexity index is 1060. The summed E-state index contributed by atoms with van der Waals surface area (Å²) in [5, 5.41) is 2.21. The lowest BCUT2D eigenvalue weighted by Gasteiger charge is -2.13. The first-order valence-electron chi connectivity index (χ1n) is 10.0. The minimum atomic E-state index is -0.533. The predicted molar refractivity (Wildman–Crippen MR) is 126 cm³/mol. The maximum absolute atomic E-state index is 12.8. The van der Waals surface area contributed by atoms with Gasteiger partial charge in [0.1, 0.15) is 13.2 Å². The molecule has 3 amide bonds. The highest BCUT2D eigenvalue weighted by atomic mass is 32.2. The SMILES string of the molecule is C=CCOc1c(/C=C2\SC(=O)N(CC(=O)Nc3ccc(CC)cc3)C2=O)cccc1OC. The lowest BCUT2D eigenvalue weighted by molar-refractivity contribution is -0.127. The molecule has 2 aromatic rings. The Morgan fingerprint density at radius 1 is 1.19 bits per heavy atom. The highest BCUT2D eigenvalue weighted by molar-refractivity contribution is 8.18. The number of amides is 3. The molecule has 7 nitrogen and oxygen atoms in total. The molecule has 1 aliphatic heterocycles. The average molecular weight is 453 g/mol. The second-order valence-electron chi connectivity index (χ2n) is 6.84. The first-order chi connectivity index (χ1) is 15.5. The van der Waals surface area contributed by atoms with Crippen LogP contribution in [0.5, 0.6) is 11.5 Å². The van der Waals surface area contributed by atoms with E-state index >= 15 is 0 Å². The monoisotopic (exact) mass is 452 g/mol. The quantitative estimate of drug-likeness (QED) is 0.446. The minimum absolute atomic E-state index is 0.201. The summed E-state index contributed by atoms with van der Waals surface area (Å²) < 4.78 is 11.0. The van der Waals surface area contributed by atoms with Gasteiger partial charge in [-0.2, -0.15) is 0 Å². The summed E-state index contributed by atoms with van der Waals surface area (Å²) in [5.74, 6) is -0.0496. The van der Waals surface area contributed by atoms with Crippen molar-refractivity contribution >= 4 is 40.6 Å². The van der Waals surface area contributed by atoms with Crippen molar-refractivity contribution in [3.8, 4) is 11.5 Å². The number of carbonyl (C=O) groups excluding carboxylic acids is 3. The molecule has 0 aliphatic carbocycles. The normalized spacial score (nSPS) is 14.6. The van der Waals surface area contributed by atoms with Crippen molar-refractivity contribution in [3.63, 3.8) is 0 Å². The number of anilines is 1. The highest BCUT2D eigenvalue weighted by Gasteiger charge is 2.36. The van der Waals surface area contributed by atoms with E-state index in [2.05, 4.69) is 11.9 Å². The zero-order valence-corrected chi connectivity index (χ0v) is 18.7. The van der Waals surface area contributed by atoms with Gasteiger partial charge in [0.2, 0.25) is 5.91 Å². The van der Waals surface area contributed by atoms with Crippen LogP contribution in [0.4, 0.5) is 10.5 Å². The Labute approximate surface area is 191 Å². The second-order valence-corrected chi connectivity index (χ2v) is 7.84. The van der Waals surface area contributed by atoms with Crippen LogP contribution in [0.2, 0.25) is 0 Å². The molecule has 0 atom stereocenters. The maximum Gasteiger partial charge on any atom is 0.294 e. The number of hydrogen-bond acceptors (Lipinski definition) is 6. The summed E-state index contributed by atoms with van der Waals surface area (Å²) in [6.45, 7) is 5.56. The number of para-hydroxylation sites is 1. The molecular formula is C24H24N2O5S. The molecule has 0 spiro atoms. The molecule has 0 aromatic heterocycles. The van der Waals surface area contributed by atoms with Crippen LogP contribution in [0.1, 0.15) is 18.1 Å². The summed E-state index contributed by atoms with van der Waals surface area (Å²) in [6.07, 6.45) is 4.05. The van der Waals surface area contributed by atoms with E-state index in [1.54, 1.807) is 42.5 Å². The van der Waals surface area contributed by atoms with Gasteiger partial charge in [0.05, 0.1) is 12.0 Å². The molecule has 0 radical (unpaired) electrons. The number of ether oxygens (including phenoxy) is 2. The molecule has 1 aliphatic rings. The number of aryl methyl sites for hydroxylation is 1. The van der Waals surface area contributed by atoms with Crippen LogP contribution in [0.25, 0.3) is 6.08 Å². The van der Waals surface area contributed by atoms with Crippen LogP contribution in [-0.2, 0) is 16.0 Å². The van der Waals surface area contributed by atoms with E-state index in [0.717, 1.165) is 28.6 Å². The molecule has 8 heteroatoms. The van der Waals surface area contributed by atoms with Crippen molar-refractivity contribution in [1.82, 2.24) is 4.90 Å². The molecule has 2 aromatic carbocycles. The Hall–Kier alpha value is -3.52. The molecule has 0 unspecified atom stereocenters. The van der Waals surface area contributed by atoms with Crippen molar-refractivity contribution in [2.45, 2.75) is 13.3 Å². The predicted octanol–water partition coefficient (Wildman–Crippen LogP) is 4.50. The first kappa shape index (κ1) is 23.1. The number of benzene rings is 2. The number of imide groups is 1. The topological polar surface area (TPSA) is 84.9 Å². The zero-order valence-electron chi connectivity index (χ0n) is 17.9. The average Bonchev–Trinajstić information content (AvgIpc) is 3.05. The van der Waals surface area contributed by atoms with Crippen LogP contribution in [0.15, 0.2) is 60.0 Å². The Balaban J connectivity index is 1.74. The summed E-state index contributed by atoms with van der Waals surface area (Å²) in [7, 11) is 1.52. The van der Waals surface area contributed by atoms with Gasteiger partial charge in [-0.25, -0.2) is 0 Å². The molecule has 1 heterocycles. The second kappa shape index (κ2) is 10.7. The van der Waals surface area contributed by atoms with Crippen molar-refractivity contribution in [3.05, 3.63) is 71.2 Å². The van der Waals surface area contributed by atoms with E-state index in [0.29, 0.717) is 22.7 Å². The van der Waals surface area contributed by atoms with Gasteiger partial charge in [-0.05, 0) is 48.0 Å². The van der Waals surface area contributed by atoms with Crippen molar-refractivity contribution in [1.29, 1.82) is 0 Å². The van der Waals surface area contributed by atoms with Gasteiger partial charge in [0.25, 0.3) is 11.1 Å². The van der Waals surface area contributed by atoms with Crippen LogP contribution < -0.4 is 14.8 Å². The van der Waals surface area contributed by atoms with E-state index < -0.39 is 17.1 Å². The molecule has 1 saturated heterocycles. The summed E-state index contributed by atoms with van der Waals surface area (Å²) in [5.41, 5.74) is 2.33. The van der Waals surface area contributed by atoms with Crippen LogP contribution in [-0.4, -0.2) is 42.2 Å². The summed E-state index contributed by atoms with van der Waals surface area (Å²) in [4.78, 5) is 38.8. The van der Waals surface area contributed by atoms with Crippen LogP contribution in [0.3, 0.4) is 0 Å². The van der Waals surface area contributed by atoms with Gasteiger partial charge in [0.15, 0.2) is 11.5 Å². The Morgan fingerprint density at radius 2 is 1.94 bits per heavy atom. The molecule has 0 bridgehead atoms. The van der Waals surface area contributed by atoms with E-state index in [4.69, 9.17) is 9.47 Å². The number of carbonyl (C=O) groups is 3. The third-order valence-electron chi connectivity index (χ3n) is 4.68. The first-order valence-corrected chi connectivity index (χ1v) is 10.8. The molecule has 0 saturated carbocycles. The van der Waals surface area contributed by atoms with Gasteiger partial charge in [-0.15, -0.1) is 0 Å². The van der Waals surface area contributed by atoms with Gasteiger partial charge in [-0.3, -0.25) is 19.3 Å². The molecule has 1 N–H and O–H groups in total. The van der Waals surface area contributed by atoms with E-state index in [-0.39, 0.29) is 18.1 Å². The third-order valence-corrected chi connectivity index (χ3v) is 5.59. The fourth-order valence-electron chi connectivity index (χ4n) is 3.05. The number of hydrogen-bond donors (Lipinski definition) is 1. The van der Waals surface area contributed by atoms with E-state index in [9.17, 15) is 14.4 Å². The lowest BCUT2D eigenvalue weighted by atomic mass is 10.1. The molecule has 3 rings (SSSR count). The van der Waals surface area contributed by atoms with Crippen LogP contribution in [0, 0.1) is 0 Å². The molecule has 1 fully saturated rings. The highest BCUT2D eigenvalue weighted by Crippen LogP contribution is 2.37. The summed E-state index contributed by atoms with van der Waals surface area (Å²) in [6, 6.07) is 12.7. The van der Waals surface area contributed by atoms with Gasteiger partial charge in [-0.1, -0.05) is 43.8 Å². The fraction of sp³-hybridized carbons (Fsp3) is 0.208. The number of nitrogens with one attached hydrogen (secondary N) is 1. The number of rotatable bonds is 9. The van der Waals surface area contributed by atoms with E-state index in [1.165, 1.54) is 7.11 Å². The number of thioether (sulfide) groups is 1. The van der Waals surface area contributed by atoms with Crippen LogP contribution >= 0.6 is 11.8 Å². The standard InChI is InChI=1S/C24H24N2O5S/c1-4-13-31-22-17(7-6-8-19(22)30-3)14-20-23(28)26(24(29)32-20)15-21(27)25-18-11-9-16(5-2)10-12-18/h4,6-12,14H,1,5,13,15H2,2-3H3,(H,25,27)/b20-14-. The van der Waals surface area contributed by atoms with Gasteiger partial charge < -0.3 is 14.8 Å². The van der Waals surface area contributed by atoms with Crippen molar-refractivity contribution < 1.29 is 23.9 Å². The molecule has 32 heavy (non-hydrogen) atoms. The number of methoxy groups -OCH3 is 1. The third kappa shape index (κ3) is 5.39.